The molecule has 0 aliphatic heterocycles. The summed E-state index contributed by atoms with van der Waals surface area (Å²) in [5.74, 6) is -0.0489. The van der Waals surface area contributed by atoms with Crippen LogP contribution in [0.1, 0.15) is 45.4 Å². The molecule has 0 aromatic carbocycles. The standard InChI is InChI=1S/C13H24N2O3/c1-10-5-7-11(8-6-10)15(2)13(18)14-9-3-4-12(16)17/h10-11H,3-9H2,1-2H3,(H,14,18)(H,16,17). The van der Waals surface area contributed by atoms with Crippen molar-refractivity contribution in [3.05, 3.63) is 0 Å². The molecule has 1 fully saturated rings. The maximum atomic E-state index is 11.8. The molecule has 0 atom stereocenters. The number of carboxylic acids is 1. The number of amides is 2. The van der Waals surface area contributed by atoms with Crippen LogP contribution in [0.4, 0.5) is 4.79 Å². The minimum atomic E-state index is -0.820. The summed E-state index contributed by atoms with van der Waals surface area (Å²) < 4.78 is 0. The molecule has 1 aliphatic rings. The first kappa shape index (κ1) is 14.8. The predicted octanol–water partition coefficient (Wildman–Crippen LogP) is 2.07. The Labute approximate surface area is 109 Å². The quantitative estimate of drug-likeness (QED) is 0.740. The second kappa shape index (κ2) is 7.24. The Balaban J connectivity index is 2.22. The molecule has 0 radical (unpaired) electrons. The fourth-order valence-electron chi connectivity index (χ4n) is 2.36. The normalized spacial score (nSPS) is 23.4. The average Bonchev–Trinajstić information content (AvgIpc) is 2.34. The largest absolute Gasteiger partial charge is 0.481 e. The molecule has 104 valence electrons. The number of nitrogens with one attached hydrogen (secondary N) is 1. The first-order valence-electron chi connectivity index (χ1n) is 6.73. The van der Waals surface area contributed by atoms with Crippen molar-refractivity contribution < 1.29 is 14.7 Å². The van der Waals surface area contributed by atoms with Gasteiger partial charge in [-0.25, -0.2) is 4.79 Å². The van der Waals surface area contributed by atoms with Gasteiger partial charge in [-0.15, -0.1) is 0 Å². The van der Waals surface area contributed by atoms with Crippen molar-refractivity contribution in [2.75, 3.05) is 13.6 Å². The van der Waals surface area contributed by atoms with Crippen LogP contribution in [0.25, 0.3) is 0 Å². The van der Waals surface area contributed by atoms with Gasteiger partial charge in [-0.05, 0) is 38.0 Å². The Morgan fingerprint density at radius 3 is 2.44 bits per heavy atom. The van der Waals surface area contributed by atoms with Crippen molar-refractivity contribution >= 4 is 12.0 Å². The van der Waals surface area contributed by atoms with Crippen molar-refractivity contribution in [1.82, 2.24) is 10.2 Å². The third-order valence-corrected chi connectivity index (χ3v) is 3.70. The molecule has 2 N–H and O–H groups in total. The molecule has 5 nitrogen and oxygen atoms in total. The van der Waals surface area contributed by atoms with E-state index >= 15 is 0 Å². The highest BCUT2D eigenvalue weighted by Crippen LogP contribution is 2.26. The van der Waals surface area contributed by atoms with Crippen molar-refractivity contribution in [2.45, 2.75) is 51.5 Å². The average molecular weight is 256 g/mol. The topological polar surface area (TPSA) is 69.6 Å². The fraction of sp³-hybridized carbons (Fsp3) is 0.846. The number of urea groups is 1. The smallest absolute Gasteiger partial charge is 0.317 e. The summed E-state index contributed by atoms with van der Waals surface area (Å²) in [5, 5.41) is 11.3. The van der Waals surface area contributed by atoms with Crippen molar-refractivity contribution in [3.8, 4) is 0 Å². The zero-order valence-corrected chi connectivity index (χ0v) is 11.3. The van der Waals surface area contributed by atoms with Gasteiger partial charge in [0.15, 0.2) is 0 Å². The molecule has 5 heteroatoms. The molecular formula is C13H24N2O3. The third-order valence-electron chi connectivity index (χ3n) is 3.70. The van der Waals surface area contributed by atoms with Crippen LogP contribution in [-0.4, -0.2) is 41.6 Å². The molecule has 0 aromatic heterocycles. The lowest BCUT2D eigenvalue weighted by atomic mass is 9.87. The van der Waals surface area contributed by atoms with Gasteiger partial charge in [-0.2, -0.15) is 0 Å². The van der Waals surface area contributed by atoms with Crippen LogP contribution < -0.4 is 5.32 Å². The fourth-order valence-corrected chi connectivity index (χ4v) is 2.36. The lowest BCUT2D eigenvalue weighted by Gasteiger charge is -2.33. The SMILES string of the molecule is CC1CCC(N(C)C(=O)NCCCC(=O)O)CC1. The molecule has 1 aliphatic carbocycles. The van der Waals surface area contributed by atoms with Gasteiger partial charge in [0.1, 0.15) is 0 Å². The molecule has 2 amide bonds. The van der Waals surface area contributed by atoms with Gasteiger partial charge < -0.3 is 15.3 Å². The van der Waals surface area contributed by atoms with Crippen LogP contribution in [0.2, 0.25) is 0 Å². The monoisotopic (exact) mass is 256 g/mol. The van der Waals surface area contributed by atoms with Crippen LogP contribution in [0.5, 0.6) is 0 Å². The lowest BCUT2D eigenvalue weighted by molar-refractivity contribution is -0.137. The van der Waals surface area contributed by atoms with Crippen LogP contribution in [0, 0.1) is 5.92 Å². The van der Waals surface area contributed by atoms with Gasteiger partial charge in [0.05, 0.1) is 0 Å². The van der Waals surface area contributed by atoms with E-state index < -0.39 is 5.97 Å². The molecule has 0 spiro atoms. The third kappa shape index (κ3) is 4.94. The number of rotatable bonds is 5. The molecular weight excluding hydrogens is 232 g/mol. The van der Waals surface area contributed by atoms with Crippen LogP contribution >= 0.6 is 0 Å². The molecule has 0 heterocycles. The number of aliphatic carboxylic acids is 1. The Bertz CT molecular complexity index is 286. The van der Waals surface area contributed by atoms with E-state index in [4.69, 9.17) is 5.11 Å². The van der Waals surface area contributed by atoms with Gasteiger partial charge in [-0.1, -0.05) is 6.92 Å². The van der Waals surface area contributed by atoms with E-state index in [2.05, 4.69) is 12.2 Å². The summed E-state index contributed by atoms with van der Waals surface area (Å²) in [6, 6.07) is 0.251. The summed E-state index contributed by atoms with van der Waals surface area (Å²) in [4.78, 5) is 23.9. The summed E-state index contributed by atoms with van der Waals surface area (Å²) in [6.45, 7) is 2.68. The number of hydrogen-bond donors (Lipinski definition) is 2. The predicted molar refractivity (Wildman–Crippen MR) is 69.5 cm³/mol. The summed E-state index contributed by atoms with van der Waals surface area (Å²) >= 11 is 0. The van der Waals surface area contributed by atoms with E-state index in [0.717, 1.165) is 18.8 Å². The van der Waals surface area contributed by atoms with E-state index in [1.54, 1.807) is 4.90 Å². The zero-order valence-electron chi connectivity index (χ0n) is 11.3. The zero-order chi connectivity index (χ0) is 13.5. The van der Waals surface area contributed by atoms with Crippen LogP contribution in [0.3, 0.4) is 0 Å². The molecule has 0 aromatic rings. The van der Waals surface area contributed by atoms with Crippen LogP contribution in [0.15, 0.2) is 0 Å². The minimum Gasteiger partial charge on any atom is -0.481 e. The Morgan fingerprint density at radius 2 is 1.89 bits per heavy atom. The van der Waals surface area contributed by atoms with Gasteiger partial charge in [0.2, 0.25) is 0 Å². The maximum absolute atomic E-state index is 11.8. The number of nitrogens with zero attached hydrogens (tertiary/aromatic N) is 1. The van der Waals surface area contributed by atoms with Crippen molar-refractivity contribution in [1.29, 1.82) is 0 Å². The molecule has 18 heavy (non-hydrogen) atoms. The molecule has 0 saturated heterocycles. The molecule has 0 bridgehead atoms. The number of carbonyl (C=O) groups is 2. The molecule has 1 rings (SSSR count). The highest BCUT2D eigenvalue weighted by molar-refractivity contribution is 5.74. The summed E-state index contributed by atoms with van der Waals surface area (Å²) in [5.41, 5.74) is 0. The Kier molecular flexibility index (Phi) is 5.95. The lowest BCUT2D eigenvalue weighted by Crippen LogP contribution is -2.45. The molecule has 0 unspecified atom stereocenters. The number of carbonyl (C=O) groups excluding carboxylic acids is 1. The van der Waals surface area contributed by atoms with E-state index in [1.165, 1.54) is 12.8 Å². The van der Waals surface area contributed by atoms with Gasteiger partial charge >= 0.3 is 12.0 Å². The van der Waals surface area contributed by atoms with E-state index in [-0.39, 0.29) is 12.5 Å². The number of carboxylic acid groups (broad SMARTS) is 1. The van der Waals surface area contributed by atoms with Crippen LogP contribution in [-0.2, 0) is 4.79 Å². The Morgan fingerprint density at radius 1 is 1.28 bits per heavy atom. The van der Waals surface area contributed by atoms with Gasteiger partial charge in [-0.3, -0.25) is 4.79 Å². The summed E-state index contributed by atoms with van der Waals surface area (Å²) in [6.07, 6.45) is 5.09. The Hall–Kier alpha value is -1.26. The van der Waals surface area contributed by atoms with E-state index in [1.807, 2.05) is 7.05 Å². The second-order valence-corrected chi connectivity index (χ2v) is 5.25. The summed E-state index contributed by atoms with van der Waals surface area (Å²) in [7, 11) is 1.83. The van der Waals surface area contributed by atoms with Crippen molar-refractivity contribution in [2.24, 2.45) is 5.92 Å². The molecule has 1 saturated carbocycles. The highest BCUT2D eigenvalue weighted by atomic mass is 16.4. The second-order valence-electron chi connectivity index (χ2n) is 5.25. The van der Waals surface area contributed by atoms with E-state index in [0.29, 0.717) is 19.0 Å². The highest BCUT2D eigenvalue weighted by Gasteiger charge is 2.24. The maximum Gasteiger partial charge on any atom is 0.317 e. The van der Waals surface area contributed by atoms with E-state index in [9.17, 15) is 9.59 Å². The first-order chi connectivity index (χ1) is 8.50. The first-order valence-corrected chi connectivity index (χ1v) is 6.73. The van der Waals surface area contributed by atoms with Gasteiger partial charge in [0, 0.05) is 26.1 Å². The van der Waals surface area contributed by atoms with Gasteiger partial charge in [0.25, 0.3) is 0 Å². The number of hydrogen-bond acceptors (Lipinski definition) is 2. The van der Waals surface area contributed by atoms with Crippen molar-refractivity contribution in [3.63, 3.8) is 0 Å². The minimum absolute atomic E-state index is 0.0834.